The molecule has 0 aromatic heterocycles. The standard InChI is InChI=1S/C13H27N3O/c1-15-7-8-16(11(9-14)10-15)12-5-3-4-6-13(12)17-2/h11-13H,3-10,14H2,1-2H3. The van der Waals surface area contributed by atoms with Gasteiger partial charge in [0.05, 0.1) is 6.10 Å². The first kappa shape index (κ1) is 13.3. The van der Waals surface area contributed by atoms with E-state index in [2.05, 4.69) is 16.8 Å². The third kappa shape index (κ3) is 2.99. The van der Waals surface area contributed by atoms with Crippen molar-refractivity contribution in [3.8, 4) is 0 Å². The van der Waals surface area contributed by atoms with Crippen molar-refractivity contribution >= 4 is 0 Å². The van der Waals surface area contributed by atoms with E-state index in [4.69, 9.17) is 10.5 Å². The molecule has 100 valence electrons. The number of likely N-dealkylation sites (N-methyl/N-ethyl adjacent to an activating group) is 1. The van der Waals surface area contributed by atoms with Gasteiger partial charge in [0.25, 0.3) is 0 Å². The molecular weight excluding hydrogens is 214 g/mol. The van der Waals surface area contributed by atoms with Gasteiger partial charge < -0.3 is 15.4 Å². The van der Waals surface area contributed by atoms with Crippen LogP contribution < -0.4 is 5.73 Å². The van der Waals surface area contributed by atoms with Gasteiger partial charge in [-0.15, -0.1) is 0 Å². The van der Waals surface area contributed by atoms with Crippen LogP contribution in [0.15, 0.2) is 0 Å². The summed E-state index contributed by atoms with van der Waals surface area (Å²) in [4.78, 5) is 5.01. The van der Waals surface area contributed by atoms with Crippen LogP contribution >= 0.6 is 0 Å². The quantitative estimate of drug-likeness (QED) is 0.782. The summed E-state index contributed by atoms with van der Waals surface area (Å²) in [5.41, 5.74) is 5.94. The van der Waals surface area contributed by atoms with Crippen molar-refractivity contribution < 1.29 is 4.74 Å². The van der Waals surface area contributed by atoms with Gasteiger partial charge in [0.1, 0.15) is 0 Å². The molecule has 0 aromatic carbocycles. The molecule has 1 saturated carbocycles. The van der Waals surface area contributed by atoms with E-state index in [-0.39, 0.29) is 0 Å². The van der Waals surface area contributed by atoms with Gasteiger partial charge in [-0.05, 0) is 19.9 Å². The molecule has 3 unspecified atom stereocenters. The SMILES string of the molecule is COC1CCCCC1N1CCN(C)CC1CN. The highest BCUT2D eigenvalue weighted by Gasteiger charge is 2.35. The number of hydrogen-bond donors (Lipinski definition) is 1. The Kier molecular flexibility index (Phi) is 4.79. The molecule has 1 saturated heterocycles. The maximum Gasteiger partial charge on any atom is 0.0726 e. The molecule has 2 N–H and O–H groups in total. The van der Waals surface area contributed by atoms with Crippen LogP contribution in [0.25, 0.3) is 0 Å². The lowest BCUT2D eigenvalue weighted by Gasteiger charge is -2.47. The first-order valence-corrected chi connectivity index (χ1v) is 6.93. The van der Waals surface area contributed by atoms with Gasteiger partial charge in [-0.3, -0.25) is 4.90 Å². The molecule has 1 aliphatic carbocycles. The number of rotatable bonds is 3. The Balaban J connectivity index is 2.02. The number of nitrogens with two attached hydrogens (primary N) is 1. The van der Waals surface area contributed by atoms with Crippen LogP contribution in [-0.4, -0.2) is 68.3 Å². The van der Waals surface area contributed by atoms with Gasteiger partial charge in [0, 0.05) is 45.4 Å². The van der Waals surface area contributed by atoms with Gasteiger partial charge in [-0.1, -0.05) is 12.8 Å². The lowest BCUT2D eigenvalue weighted by molar-refractivity contribution is -0.0455. The molecule has 2 aliphatic rings. The van der Waals surface area contributed by atoms with Crippen LogP contribution in [0, 0.1) is 0 Å². The Labute approximate surface area is 105 Å². The van der Waals surface area contributed by atoms with Crippen LogP contribution in [0.1, 0.15) is 25.7 Å². The van der Waals surface area contributed by atoms with E-state index in [1.165, 1.54) is 25.7 Å². The van der Waals surface area contributed by atoms with Crippen LogP contribution in [0.4, 0.5) is 0 Å². The molecule has 2 fully saturated rings. The number of ether oxygens (including phenoxy) is 1. The largest absolute Gasteiger partial charge is 0.380 e. The Bertz CT molecular complexity index is 237. The number of nitrogens with zero attached hydrogens (tertiary/aromatic N) is 2. The molecule has 0 amide bonds. The summed E-state index contributed by atoms with van der Waals surface area (Å²) in [5, 5.41) is 0. The molecule has 4 heteroatoms. The van der Waals surface area contributed by atoms with Crippen LogP contribution in [0.5, 0.6) is 0 Å². The highest BCUT2D eigenvalue weighted by atomic mass is 16.5. The van der Waals surface area contributed by atoms with Gasteiger partial charge in [0.2, 0.25) is 0 Å². The first-order chi connectivity index (χ1) is 8.26. The van der Waals surface area contributed by atoms with Crippen molar-refractivity contribution in [1.82, 2.24) is 9.80 Å². The number of methoxy groups -OCH3 is 1. The molecule has 2 rings (SSSR count). The molecular formula is C13H27N3O. The van der Waals surface area contributed by atoms with Crippen LogP contribution in [0.2, 0.25) is 0 Å². The molecule has 0 radical (unpaired) electrons. The van der Waals surface area contributed by atoms with Crippen LogP contribution in [0.3, 0.4) is 0 Å². The van der Waals surface area contributed by atoms with Gasteiger partial charge in [-0.25, -0.2) is 0 Å². The van der Waals surface area contributed by atoms with Gasteiger partial charge >= 0.3 is 0 Å². The predicted molar refractivity (Wildman–Crippen MR) is 70.1 cm³/mol. The second-order valence-electron chi connectivity index (χ2n) is 5.52. The average Bonchev–Trinajstić information content (AvgIpc) is 2.38. The minimum absolute atomic E-state index is 0.418. The highest BCUT2D eigenvalue weighted by molar-refractivity contribution is 4.91. The second kappa shape index (κ2) is 6.14. The molecule has 0 spiro atoms. The van der Waals surface area contributed by atoms with E-state index < -0.39 is 0 Å². The molecule has 1 aliphatic heterocycles. The van der Waals surface area contributed by atoms with Gasteiger partial charge in [0.15, 0.2) is 0 Å². The summed E-state index contributed by atoms with van der Waals surface area (Å²) in [7, 11) is 4.05. The zero-order chi connectivity index (χ0) is 12.3. The van der Waals surface area contributed by atoms with Gasteiger partial charge in [-0.2, -0.15) is 0 Å². The fourth-order valence-corrected chi connectivity index (χ4v) is 3.40. The van der Waals surface area contributed by atoms with E-state index >= 15 is 0 Å². The molecule has 17 heavy (non-hydrogen) atoms. The Morgan fingerprint density at radius 1 is 1.24 bits per heavy atom. The van der Waals surface area contributed by atoms with Crippen LogP contribution in [-0.2, 0) is 4.74 Å². The minimum Gasteiger partial charge on any atom is -0.380 e. The fraction of sp³-hybridized carbons (Fsp3) is 1.00. The molecule has 0 aromatic rings. The van der Waals surface area contributed by atoms with E-state index in [1.807, 2.05) is 7.11 Å². The van der Waals surface area contributed by atoms with Crippen molar-refractivity contribution in [2.75, 3.05) is 40.3 Å². The number of piperazine rings is 1. The lowest BCUT2D eigenvalue weighted by Crippen LogP contribution is -2.61. The normalized spacial score (nSPS) is 37.2. The third-order valence-corrected chi connectivity index (χ3v) is 4.40. The third-order valence-electron chi connectivity index (χ3n) is 4.40. The molecule has 4 nitrogen and oxygen atoms in total. The maximum atomic E-state index is 5.94. The zero-order valence-electron chi connectivity index (χ0n) is 11.3. The summed E-state index contributed by atoms with van der Waals surface area (Å²) >= 11 is 0. The highest BCUT2D eigenvalue weighted by Crippen LogP contribution is 2.27. The minimum atomic E-state index is 0.418. The summed E-state index contributed by atoms with van der Waals surface area (Å²) in [5.74, 6) is 0. The smallest absolute Gasteiger partial charge is 0.0726 e. The van der Waals surface area contributed by atoms with E-state index in [0.717, 1.165) is 26.2 Å². The summed E-state index contributed by atoms with van der Waals surface area (Å²) in [6.45, 7) is 4.16. The molecule has 1 heterocycles. The van der Waals surface area contributed by atoms with E-state index in [0.29, 0.717) is 18.2 Å². The Hall–Kier alpha value is -0.160. The van der Waals surface area contributed by atoms with E-state index in [1.54, 1.807) is 0 Å². The first-order valence-electron chi connectivity index (χ1n) is 6.93. The Morgan fingerprint density at radius 2 is 2.00 bits per heavy atom. The second-order valence-corrected chi connectivity index (χ2v) is 5.52. The average molecular weight is 241 g/mol. The van der Waals surface area contributed by atoms with E-state index in [9.17, 15) is 0 Å². The monoisotopic (exact) mass is 241 g/mol. The Morgan fingerprint density at radius 3 is 2.71 bits per heavy atom. The summed E-state index contributed by atoms with van der Waals surface area (Å²) < 4.78 is 5.68. The van der Waals surface area contributed by atoms with Crippen molar-refractivity contribution in [3.63, 3.8) is 0 Å². The van der Waals surface area contributed by atoms with Crippen molar-refractivity contribution in [2.45, 2.75) is 43.9 Å². The van der Waals surface area contributed by atoms with Crippen molar-refractivity contribution in [1.29, 1.82) is 0 Å². The fourth-order valence-electron chi connectivity index (χ4n) is 3.40. The topological polar surface area (TPSA) is 41.7 Å². The van der Waals surface area contributed by atoms with Crippen molar-refractivity contribution in [3.05, 3.63) is 0 Å². The molecule has 3 atom stereocenters. The summed E-state index contributed by atoms with van der Waals surface area (Å²) in [6.07, 6.45) is 5.56. The molecule has 0 bridgehead atoms. The summed E-state index contributed by atoms with van der Waals surface area (Å²) in [6, 6.07) is 1.10. The maximum absolute atomic E-state index is 5.94. The number of hydrogen-bond acceptors (Lipinski definition) is 4. The zero-order valence-corrected chi connectivity index (χ0v) is 11.3. The lowest BCUT2D eigenvalue weighted by atomic mass is 9.89. The van der Waals surface area contributed by atoms with Crippen molar-refractivity contribution in [2.24, 2.45) is 5.73 Å². The predicted octanol–water partition coefficient (Wildman–Crippen LogP) is 0.519.